The number of hydrogen-bond donors (Lipinski definition) is 2. The topological polar surface area (TPSA) is 64.3 Å². The van der Waals surface area contributed by atoms with Crippen LogP contribution in [-0.2, 0) is 11.2 Å². The first kappa shape index (κ1) is 15.4. The second-order valence-corrected chi connectivity index (χ2v) is 4.69. The first-order valence-electron chi connectivity index (χ1n) is 6.29. The molecular formula is C14H20N2O2S. The number of hydrogen-bond acceptors (Lipinski definition) is 3. The molecule has 104 valence electrons. The number of carbonyl (C=O) groups is 1. The Morgan fingerprint density at radius 2 is 2.16 bits per heavy atom. The van der Waals surface area contributed by atoms with E-state index in [9.17, 15) is 4.79 Å². The highest BCUT2D eigenvalue weighted by Crippen LogP contribution is 2.17. The van der Waals surface area contributed by atoms with Crippen LogP contribution in [0.4, 0.5) is 0 Å². The highest BCUT2D eigenvalue weighted by Gasteiger charge is 2.18. The van der Waals surface area contributed by atoms with E-state index in [2.05, 4.69) is 5.32 Å². The van der Waals surface area contributed by atoms with Gasteiger partial charge in [-0.2, -0.15) is 0 Å². The van der Waals surface area contributed by atoms with E-state index < -0.39 is 0 Å². The Morgan fingerprint density at radius 1 is 1.47 bits per heavy atom. The number of ether oxygens (including phenoxy) is 1. The lowest BCUT2D eigenvalue weighted by Gasteiger charge is -2.14. The van der Waals surface area contributed by atoms with Crippen molar-refractivity contribution < 1.29 is 9.53 Å². The summed E-state index contributed by atoms with van der Waals surface area (Å²) in [6.45, 7) is 2.43. The maximum atomic E-state index is 11.9. The van der Waals surface area contributed by atoms with Crippen LogP contribution in [-0.4, -0.2) is 24.6 Å². The van der Waals surface area contributed by atoms with Gasteiger partial charge in [-0.15, -0.1) is 0 Å². The van der Waals surface area contributed by atoms with E-state index in [1.807, 2.05) is 31.2 Å². The third-order valence-electron chi connectivity index (χ3n) is 2.95. The molecule has 0 saturated carbocycles. The zero-order valence-corrected chi connectivity index (χ0v) is 12.1. The molecule has 4 nitrogen and oxygen atoms in total. The van der Waals surface area contributed by atoms with Gasteiger partial charge in [0.05, 0.1) is 18.0 Å². The maximum Gasteiger partial charge on any atom is 0.229 e. The van der Waals surface area contributed by atoms with Crippen LogP contribution in [0.1, 0.15) is 18.9 Å². The van der Waals surface area contributed by atoms with Gasteiger partial charge >= 0.3 is 0 Å². The normalized spacial score (nSPS) is 11.7. The molecule has 0 aromatic heterocycles. The average molecular weight is 280 g/mol. The summed E-state index contributed by atoms with van der Waals surface area (Å²) >= 11 is 4.87. The molecule has 3 N–H and O–H groups in total. The van der Waals surface area contributed by atoms with E-state index in [1.165, 1.54) is 0 Å². The van der Waals surface area contributed by atoms with Crippen molar-refractivity contribution in [3.8, 4) is 5.75 Å². The number of nitrogens with two attached hydrogens (primary N) is 1. The quantitative estimate of drug-likeness (QED) is 0.746. The van der Waals surface area contributed by atoms with Gasteiger partial charge in [0.1, 0.15) is 5.75 Å². The van der Waals surface area contributed by atoms with E-state index in [-0.39, 0.29) is 16.8 Å². The van der Waals surface area contributed by atoms with Crippen LogP contribution >= 0.6 is 12.2 Å². The van der Waals surface area contributed by atoms with Crippen LogP contribution in [0.2, 0.25) is 0 Å². The fraction of sp³-hybridized carbons (Fsp3) is 0.429. The molecule has 0 spiro atoms. The number of benzene rings is 1. The van der Waals surface area contributed by atoms with Crippen LogP contribution in [0.15, 0.2) is 24.3 Å². The van der Waals surface area contributed by atoms with Crippen molar-refractivity contribution in [1.82, 2.24) is 5.32 Å². The van der Waals surface area contributed by atoms with Crippen molar-refractivity contribution in [2.75, 3.05) is 13.7 Å². The molecule has 0 heterocycles. The number of amides is 1. The SMILES string of the molecule is CCC(C(=O)NCCc1ccccc1OC)C(N)=S. The third-order valence-corrected chi connectivity index (χ3v) is 3.24. The second kappa shape index (κ2) is 7.74. The van der Waals surface area contributed by atoms with Crippen molar-refractivity contribution in [3.05, 3.63) is 29.8 Å². The molecule has 1 aromatic rings. The van der Waals surface area contributed by atoms with E-state index in [1.54, 1.807) is 7.11 Å². The van der Waals surface area contributed by atoms with Gasteiger partial charge in [-0.05, 0) is 24.5 Å². The van der Waals surface area contributed by atoms with Crippen molar-refractivity contribution in [2.24, 2.45) is 11.7 Å². The van der Waals surface area contributed by atoms with E-state index >= 15 is 0 Å². The molecule has 0 radical (unpaired) electrons. The summed E-state index contributed by atoms with van der Waals surface area (Å²) in [5, 5.41) is 2.85. The lowest BCUT2D eigenvalue weighted by atomic mass is 10.1. The van der Waals surface area contributed by atoms with Gasteiger partial charge in [-0.25, -0.2) is 0 Å². The Bertz CT molecular complexity index is 449. The first-order valence-corrected chi connectivity index (χ1v) is 6.69. The summed E-state index contributed by atoms with van der Waals surface area (Å²) in [6, 6.07) is 7.75. The molecule has 0 bridgehead atoms. The Hall–Kier alpha value is -1.62. The van der Waals surface area contributed by atoms with Crippen LogP contribution in [0.3, 0.4) is 0 Å². The number of rotatable bonds is 7. The van der Waals surface area contributed by atoms with Crippen molar-refractivity contribution in [1.29, 1.82) is 0 Å². The van der Waals surface area contributed by atoms with E-state index in [0.29, 0.717) is 19.4 Å². The standard InChI is InChI=1S/C14H20N2O2S/c1-3-11(13(15)19)14(17)16-9-8-10-6-4-5-7-12(10)18-2/h4-7,11H,3,8-9H2,1-2H3,(H2,15,19)(H,16,17). The minimum Gasteiger partial charge on any atom is -0.496 e. The minimum atomic E-state index is -0.382. The van der Waals surface area contributed by atoms with Crippen LogP contribution in [0, 0.1) is 5.92 Å². The molecule has 1 rings (SSSR count). The fourth-order valence-electron chi connectivity index (χ4n) is 1.87. The van der Waals surface area contributed by atoms with Crippen LogP contribution in [0.5, 0.6) is 5.75 Å². The average Bonchev–Trinajstić information content (AvgIpc) is 2.39. The summed E-state index contributed by atoms with van der Waals surface area (Å²) in [4.78, 5) is 12.1. The van der Waals surface area contributed by atoms with Crippen molar-refractivity contribution in [3.63, 3.8) is 0 Å². The minimum absolute atomic E-state index is 0.107. The summed E-state index contributed by atoms with van der Waals surface area (Å²) in [5.74, 6) is 0.343. The van der Waals surface area contributed by atoms with E-state index in [4.69, 9.17) is 22.7 Å². The zero-order valence-electron chi connectivity index (χ0n) is 11.3. The van der Waals surface area contributed by atoms with Gasteiger partial charge in [0.25, 0.3) is 0 Å². The number of nitrogens with one attached hydrogen (secondary N) is 1. The predicted octanol–water partition coefficient (Wildman–Crippen LogP) is 1.67. The first-order chi connectivity index (χ1) is 9.10. The highest BCUT2D eigenvalue weighted by atomic mass is 32.1. The van der Waals surface area contributed by atoms with Gasteiger partial charge in [-0.1, -0.05) is 37.3 Å². The predicted molar refractivity (Wildman–Crippen MR) is 80.3 cm³/mol. The molecule has 1 amide bonds. The molecule has 0 aliphatic heterocycles. The summed E-state index contributed by atoms with van der Waals surface area (Å²) in [5.41, 5.74) is 6.59. The summed E-state index contributed by atoms with van der Waals surface area (Å²) in [7, 11) is 1.64. The highest BCUT2D eigenvalue weighted by molar-refractivity contribution is 7.80. The molecular weight excluding hydrogens is 260 g/mol. The lowest BCUT2D eigenvalue weighted by Crippen LogP contribution is -2.38. The van der Waals surface area contributed by atoms with Gasteiger partial charge in [0, 0.05) is 6.54 Å². The fourth-order valence-corrected chi connectivity index (χ4v) is 2.14. The summed E-state index contributed by atoms with van der Waals surface area (Å²) < 4.78 is 5.26. The molecule has 0 aliphatic carbocycles. The van der Waals surface area contributed by atoms with E-state index in [0.717, 1.165) is 11.3 Å². The Balaban J connectivity index is 2.50. The lowest BCUT2D eigenvalue weighted by molar-refractivity contribution is -0.123. The Kier molecular flexibility index (Phi) is 6.29. The molecule has 19 heavy (non-hydrogen) atoms. The number of thiocarbonyl (C=S) groups is 1. The van der Waals surface area contributed by atoms with Crippen molar-refractivity contribution in [2.45, 2.75) is 19.8 Å². The molecule has 1 atom stereocenters. The Morgan fingerprint density at radius 3 is 2.74 bits per heavy atom. The molecule has 0 saturated heterocycles. The molecule has 5 heteroatoms. The smallest absolute Gasteiger partial charge is 0.229 e. The van der Waals surface area contributed by atoms with Gasteiger partial charge < -0.3 is 15.8 Å². The molecule has 0 fully saturated rings. The summed E-state index contributed by atoms with van der Waals surface area (Å²) in [6.07, 6.45) is 1.33. The third kappa shape index (κ3) is 4.52. The monoisotopic (exact) mass is 280 g/mol. The van der Waals surface area contributed by atoms with Crippen LogP contribution in [0.25, 0.3) is 0 Å². The molecule has 1 aromatic carbocycles. The molecule has 1 unspecified atom stereocenters. The van der Waals surface area contributed by atoms with Gasteiger partial charge in [0.2, 0.25) is 5.91 Å². The zero-order chi connectivity index (χ0) is 14.3. The van der Waals surface area contributed by atoms with Crippen molar-refractivity contribution >= 4 is 23.1 Å². The van der Waals surface area contributed by atoms with Crippen LogP contribution < -0.4 is 15.8 Å². The number of para-hydroxylation sites is 1. The maximum absolute atomic E-state index is 11.9. The second-order valence-electron chi connectivity index (χ2n) is 4.22. The Labute approximate surface area is 119 Å². The van der Waals surface area contributed by atoms with Gasteiger partial charge in [-0.3, -0.25) is 4.79 Å². The molecule has 0 aliphatic rings. The largest absolute Gasteiger partial charge is 0.496 e. The van der Waals surface area contributed by atoms with Gasteiger partial charge in [0.15, 0.2) is 0 Å². The number of carbonyl (C=O) groups excluding carboxylic acids is 1. The number of methoxy groups -OCH3 is 1.